The van der Waals surface area contributed by atoms with Crippen molar-refractivity contribution >= 4 is 27.5 Å². The van der Waals surface area contributed by atoms with Crippen molar-refractivity contribution in [3.8, 4) is 0 Å². The fraction of sp³-hybridized carbons (Fsp3) is 0.333. The SMILES string of the molecule is CCCNC(=O)[C@H]1CCCN1C(=O)c1ccc(NS(=O)(=O)c2ccccc2)cc1. The maximum atomic E-state index is 12.9. The molecular weight excluding hydrogens is 390 g/mol. The van der Waals surface area contributed by atoms with Gasteiger partial charge in [0.15, 0.2) is 0 Å². The van der Waals surface area contributed by atoms with Gasteiger partial charge in [0, 0.05) is 24.3 Å². The van der Waals surface area contributed by atoms with Crippen molar-refractivity contribution in [1.82, 2.24) is 10.2 Å². The van der Waals surface area contributed by atoms with Crippen LogP contribution in [0.25, 0.3) is 0 Å². The van der Waals surface area contributed by atoms with Gasteiger partial charge in [-0.15, -0.1) is 0 Å². The Morgan fingerprint density at radius 3 is 2.41 bits per heavy atom. The largest absolute Gasteiger partial charge is 0.354 e. The van der Waals surface area contributed by atoms with Crippen LogP contribution in [0.3, 0.4) is 0 Å². The van der Waals surface area contributed by atoms with Crippen molar-refractivity contribution in [3.63, 3.8) is 0 Å². The third-order valence-corrected chi connectivity index (χ3v) is 6.20. The second-order valence-electron chi connectivity index (χ2n) is 6.94. The van der Waals surface area contributed by atoms with E-state index in [0.29, 0.717) is 30.8 Å². The van der Waals surface area contributed by atoms with Crippen LogP contribution in [-0.2, 0) is 14.8 Å². The number of carbonyl (C=O) groups is 2. The number of nitrogens with zero attached hydrogens (tertiary/aromatic N) is 1. The number of hydrogen-bond donors (Lipinski definition) is 2. The zero-order valence-corrected chi connectivity index (χ0v) is 17.1. The quantitative estimate of drug-likeness (QED) is 0.727. The lowest BCUT2D eigenvalue weighted by molar-refractivity contribution is -0.124. The van der Waals surface area contributed by atoms with Crippen molar-refractivity contribution in [2.45, 2.75) is 37.1 Å². The van der Waals surface area contributed by atoms with Crippen LogP contribution < -0.4 is 10.0 Å². The van der Waals surface area contributed by atoms with Crippen LogP contribution in [0.2, 0.25) is 0 Å². The minimum absolute atomic E-state index is 0.120. The van der Waals surface area contributed by atoms with Crippen molar-refractivity contribution in [2.24, 2.45) is 0 Å². The van der Waals surface area contributed by atoms with Crippen LogP contribution in [0.4, 0.5) is 5.69 Å². The molecule has 0 radical (unpaired) electrons. The Morgan fingerprint density at radius 2 is 1.76 bits per heavy atom. The average molecular weight is 416 g/mol. The van der Waals surface area contributed by atoms with E-state index >= 15 is 0 Å². The van der Waals surface area contributed by atoms with Crippen molar-refractivity contribution in [2.75, 3.05) is 17.8 Å². The van der Waals surface area contributed by atoms with Crippen molar-refractivity contribution in [1.29, 1.82) is 0 Å². The van der Waals surface area contributed by atoms with E-state index in [1.807, 2.05) is 6.92 Å². The molecule has 1 aliphatic rings. The maximum Gasteiger partial charge on any atom is 0.261 e. The summed E-state index contributed by atoms with van der Waals surface area (Å²) >= 11 is 0. The van der Waals surface area contributed by atoms with Gasteiger partial charge in [-0.1, -0.05) is 25.1 Å². The minimum atomic E-state index is -3.69. The molecule has 1 atom stereocenters. The van der Waals surface area contributed by atoms with E-state index in [0.717, 1.165) is 12.8 Å². The summed E-state index contributed by atoms with van der Waals surface area (Å²) in [6, 6.07) is 13.9. The molecule has 29 heavy (non-hydrogen) atoms. The van der Waals surface area contributed by atoms with E-state index in [9.17, 15) is 18.0 Å². The first-order valence-corrected chi connectivity index (χ1v) is 11.2. The molecule has 3 rings (SSSR count). The molecule has 1 heterocycles. The molecule has 0 spiro atoms. The summed E-state index contributed by atoms with van der Waals surface area (Å²) in [6.45, 7) is 3.10. The molecule has 0 aromatic heterocycles. The van der Waals surface area contributed by atoms with E-state index in [1.54, 1.807) is 47.4 Å². The third kappa shape index (κ3) is 4.95. The summed E-state index contributed by atoms with van der Waals surface area (Å²) in [5, 5.41) is 2.85. The van der Waals surface area contributed by atoms with Gasteiger partial charge in [0.05, 0.1) is 4.90 Å². The molecule has 1 fully saturated rings. The zero-order chi connectivity index (χ0) is 20.9. The predicted molar refractivity (Wildman–Crippen MR) is 111 cm³/mol. The Morgan fingerprint density at radius 1 is 1.07 bits per heavy atom. The number of sulfonamides is 1. The molecule has 0 unspecified atom stereocenters. The molecule has 2 N–H and O–H groups in total. The number of amides is 2. The summed E-state index contributed by atoms with van der Waals surface area (Å²) in [6.07, 6.45) is 2.27. The Kier molecular flexibility index (Phi) is 6.53. The lowest BCUT2D eigenvalue weighted by Crippen LogP contribution is -2.46. The number of benzene rings is 2. The van der Waals surface area contributed by atoms with E-state index in [4.69, 9.17) is 0 Å². The van der Waals surface area contributed by atoms with Gasteiger partial charge in [0.2, 0.25) is 5.91 Å². The molecule has 1 aliphatic heterocycles. The number of likely N-dealkylation sites (tertiary alicyclic amines) is 1. The topological polar surface area (TPSA) is 95.6 Å². The van der Waals surface area contributed by atoms with Gasteiger partial charge in [-0.25, -0.2) is 8.42 Å². The van der Waals surface area contributed by atoms with Crippen LogP contribution in [0.5, 0.6) is 0 Å². The van der Waals surface area contributed by atoms with Crippen LogP contribution in [0.1, 0.15) is 36.5 Å². The van der Waals surface area contributed by atoms with Gasteiger partial charge in [0.1, 0.15) is 6.04 Å². The Balaban J connectivity index is 1.69. The van der Waals surface area contributed by atoms with Gasteiger partial charge in [-0.3, -0.25) is 14.3 Å². The normalized spacial score (nSPS) is 16.4. The predicted octanol–water partition coefficient (Wildman–Crippen LogP) is 2.62. The highest BCUT2D eigenvalue weighted by Crippen LogP contribution is 2.22. The minimum Gasteiger partial charge on any atom is -0.354 e. The molecule has 7 nitrogen and oxygen atoms in total. The van der Waals surface area contributed by atoms with Gasteiger partial charge in [-0.2, -0.15) is 0 Å². The molecule has 8 heteroatoms. The van der Waals surface area contributed by atoms with E-state index in [-0.39, 0.29) is 16.7 Å². The highest BCUT2D eigenvalue weighted by atomic mass is 32.2. The molecule has 0 saturated carbocycles. The Hall–Kier alpha value is -2.87. The van der Waals surface area contributed by atoms with Gasteiger partial charge in [0.25, 0.3) is 15.9 Å². The number of hydrogen-bond acceptors (Lipinski definition) is 4. The third-order valence-electron chi connectivity index (χ3n) is 4.80. The molecule has 0 bridgehead atoms. The fourth-order valence-electron chi connectivity index (χ4n) is 3.31. The summed E-state index contributed by atoms with van der Waals surface area (Å²) in [7, 11) is -3.69. The molecule has 2 aromatic carbocycles. The summed E-state index contributed by atoms with van der Waals surface area (Å²) in [5.74, 6) is -0.346. The molecule has 1 saturated heterocycles. The molecule has 154 valence electrons. The van der Waals surface area contributed by atoms with Crippen molar-refractivity contribution in [3.05, 3.63) is 60.2 Å². The smallest absolute Gasteiger partial charge is 0.261 e. The fourth-order valence-corrected chi connectivity index (χ4v) is 4.39. The summed E-state index contributed by atoms with van der Waals surface area (Å²) in [5.41, 5.74) is 0.784. The van der Waals surface area contributed by atoms with Crippen LogP contribution in [-0.4, -0.2) is 44.3 Å². The molecule has 0 aliphatic carbocycles. The van der Waals surface area contributed by atoms with E-state index in [2.05, 4.69) is 10.0 Å². The first-order chi connectivity index (χ1) is 13.9. The Bertz CT molecular complexity index is 959. The van der Waals surface area contributed by atoms with E-state index < -0.39 is 16.1 Å². The molecular formula is C21H25N3O4S. The first kappa shape index (κ1) is 20.9. The zero-order valence-electron chi connectivity index (χ0n) is 16.3. The number of carbonyl (C=O) groups excluding carboxylic acids is 2. The molecule has 2 amide bonds. The lowest BCUT2D eigenvalue weighted by Gasteiger charge is -2.24. The standard InChI is InChI=1S/C21H25N3O4S/c1-2-14-22-20(25)19-9-6-15-24(19)21(26)16-10-12-17(13-11-16)23-29(27,28)18-7-4-3-5-8-18/h3-5,7-8,10-13,19,23H,2,6,9,14-15H2,1H3,(H,22,25)/t19-/m1/s1. The van der Waals surface area contributed by atoms with Gasteiger partial charge < -0.3 is 10.2 Å². The molecule has 2 aromatic rings. The van der Waals surface area contributed by atoms with Crippen molar-refractivity contribution < 1.29 is 18.0 Å². The lowest BCUT2D eigenvalue weighted by atomic mass is 10.1. The summed E-state index contributed by atoms with van der Waals surface area (Å²) < 4.78 is 27.3. The van der Waals surface area contributed by atoms with Gasteiger partial charge in [-0.05, 0) is 55.7 Å². The van der Waals surface area contributed by atoms with E-state index in [1.165, 1.54) is 12.1 Å². The second-order valence-corrected chi connectivity index (χ2v) is 8.63. The monoisotopic (exact) mass is 415 g/mol. The maximum absolute atomic E-state index is 12.9. The van der Waals surface area contributed by atoms with Gasteiger partial charge >= 0.3 is 0 Å². The van der Waals surface area contributed by atoms with Crippen LogP contribution in [0.15, 0.2) is 59.5 Å². The summed E-state index contributed by atoms with van der Waals surface area (Å²) in [4.78, 5) is 26.9. The first-order valence-electron chi connectivity index (χ1n) is 9.69. The Labute approximate surface area is 171 Å². The number of anilines is 1. The highest BCUT2D eigenvalue weighted by molar-refractivity contribution is 7.92. The second kappa shape index (κ2) is 9.09. The van der Waals surface area contributed by atoms with Crippen LogP contribution in [0, 0.1) is 0 Å². The number of nitrogens with one attached hydrogen (secondary N) is 2. The average Bonchev–Trinajstić information content (AvgIpc) is 3.22. The number of rotatable bonds is 7. The van der Waals surface area contributed by atoms with Crippen LogP contribution >= 0.6 is 0 Å². The highest BCUT2D eigenvalue weighted by Gasteiger charge is 2.34.